The monoisotopic (exact) mass is 302 g/mol. The van der Waals surface area contributed by atoms with Crippen molar-refractivity contribution in [1.82, 2.24) is 20.3 Å². The van der Waals surface area contributed by atoms with Gasteiger partial charge in [-0.3, -0.25) is 4.79 Å². The molecule has 7 nitrogen and oxygen atoms in total. The maximum atomic E-state index is 12.3. The van der Waals surface area contributed by atoms with Crippen LogP contribution in [0.1, 0.15) is 16.9 Å². The Morgan fingerprint density at radius 2 is 2.23 bits per heavy atom. The third kappa shape index (κ3) is 3.15. The molecule has 1 aromatic carbocycles. The van der Waals surface area contributed by atoms with Gasteiger partial charge in [0.1, 0.15) is 6.10 Å². The van der Waals surface area contributed by atoms with Crippen molar-refractivity contribution in [3.8, 4) is 5.69 Å². The lowest BCUT2D eigenvalue weighted by atomic mass is 10.1. The largest absolute Gasteiger partial charge is 0.379 e. The van der Waals surface area contributed by atoms with Crippen molar-refractivity contribution in [3.63, 3.8) is 0 Å². The van der Waals surface area contributed by atoms with E-state index in [1.165, 1.54) is 0 Å². The summed E-state index contributed by atoms with van der Waals surface area (Å²) in [6.07, 6.45) is 2.20. The number of para-hydroxylation sites is 1. The summed E-state index contributed by atoms with van der Waals surface area (Å²) < 4.78 is 12.3. The summed E-state index contributed by atoms with van der Waals surface area (Å²) >= 11 is 0. The van der Waals surface area contributed by atoms with Crippen molar-refractivity contribution in [2.45, 2.75) is 18.6 Å². The van der Waals surface area contributed by atoms with E-state index in [1.54, 1.807) is 18.0 Å². The Bertz CT molecular complexity index is 629. The Labute approximate surface area is 128 Å². The quantitative estimate of drug-likeness (QED) is 0.904. The number of nitrogens with zero attached hydrogens (tertiary/aromatic N) is 3. The molecule has 1 N–H and O–H groups in total. The molecule has 1 amide bonds. The standard InChI is InChI=1S/C15H18N4O3/c1-21-14-10-22-8-7-12(14)16-15(20)13-9-19(18-17-13)11-5-3-2-4-6-11/h2-6,9,12,14H,7-8,10H2,1H3,(H,16,20)/t12-,14-/m0/s1. The van der Waals surface area contributed by atoms with E-state index < -0.39 is 0 Å². The first-order valence-corrected chi connectivity index (χ1v) is 7.17. The van der Waals surface area contributed by atoms with E-state index >= 15 is 0 Å². The smallest absolute Gasteiger partial charge is 0.273 e. The fourth-order valence-electron chi connectivity index (χ4n) is 2.43. The Hall–Kier alpha value is -2.25. The predicted molar refractivity (Wildman–Crippen MR) is 78.8 cm³/mol. The summed E-state index contributed by atoms with van der Waals surface area (Å²) in [5.41, 5.74) is 1.14. The number of benzene rings is 1. The summed E-state index contributed by atoms with van der Waals surface area (Å²) in [5.74, 6) is -0.254. The van der Waals surface area contributed by atoms with Crippen molar-refractivity contribution in [2.75, 3.05) is 20.3 Å². The highest BCUT2D eigenvalue weighted by atomic mass is 16.5. The van der Waals surface area contributed by atoms with Crippen LogP contribution in [0.2, 0.25) is 0 Å². The van der Waals surface area contributed by atoms with Gasteiger partial charge in [0.25, 0.3) is 5.91 Å². The number of carbonyl (C=O) groups excluding carboxylic acids is 1. The topological polar surface area (TPSA) is 78.3 Å². The summed E-state index contributed by atoms with van der Waals surface area (Å²) in [7, 11) is 1.62. The minimum atomic E-state index is -0.254. The van der Waals surface area contributed by atoms with Crippen LogP contribution in [0.25, 0.3) is 5.69 Å². The van der Waals surface area contributed by atoms with E-state index in [2.05, 4.69) is 15.6 Å². The Balaban J connectivity index is 1.69. The van der Waals surface area contributed by atoms with Crippen LogP contribution in [-0.2, 0) is 9.47 Å². The van der Waals surface area contributed by atoms with Gasteiger partial charge in [0, 0.05) is 13.7 Å². The lowest BCUT2D eigenvalue weighted by molar-refractivity contribution is -0.0479. The molecule has 1 aliphatic heterocycles. The van der Waals surface area contributed by atoms with Crippen LogP contribution in [0.5, 0.6) is 0 Å². The van der Waals surface area contributed by atoms with Crippen molar-refractivity contribution in [2.24, 2.45) is 0 Å². The molecular formula is C15H18N4O3. The van der Waals surface area contributed by atoms with Crippen LogP contribution in [0.4, 0.5) is 0 Å². The molecule has 1 aromatic heterocycles. The summed E-state index contributed by atoms with van der Waals surface area (Å²) in [6, 6.07) is 9.45. The normalized spacial score (nSPS) is 21.5. The highest BCUT2D eigenvalue weighted by Gasteiger charge is 2.28. The average Bonchev–Trinajstić information content (AvgIpc) is 3.06. The van der Waals surface area contributed by atoms with Gasteiger partial charge in [0.15, 0.2) is 5.69 Å². The average molecular weight is 302 g/mol. The van der Waals surface area contributed by atoms with Crippen LogP contribution in [0.15, 0.2) is 36.5 Å². The van der Waals surface area contributed by atoms with Gasteiger partial charge in [-0.05, 0) is 18.6 Å². The molecule has 2 atom stereocenters. The lowest BCUT2D eigenvalue weighted by Crippen LogP contribution is -2.49. The van der Waals surface area contributed by atoms with Gasteiger partial charge in [-0.15, -0.1) is 5.10 Å². The van der Waals surface area contributed by atoms with Crippen LogP contribution in [0, 0.1) is 0 Å². The van der Waals surface area contributed by atoms with Crippen molar-refractivity contribution >= 4 is 5.91 Å². The molecule has 0 saturated carbocycles. The van der Waals surface area contributed by atoms with Gasteiger partial charge in [-0.2, -0.15) is 0 Å². The van der Waals surface area contributed by atoms with Gasteiger partial charge in [-0.1, -0.05) is 23.4 Å². The maximum Gasteiger partial charge on any atom is 0.273 e. The molecule has 0 aliphatic carbocycles. The van der Waals surface area contributed by atoms with Crippen molar-refractivity contribution in [1.29, 1.82) is 0 Å². The fourth-order valence-corrected chi connectivity index (χ4v) is 2.43. The molecule has 0 unspecified atom stereocenters. The molecule has 22 heavy (non-hydrogen) atoms. The number of aromatic nitrogens is 3. The zero-order valence-corrected chi connectivity index (χ0v) is 12.3. The Morgan fingerprint density at radius 1 is 1.41 bits per heavy atom. The van der Waals surface area contributed by atoms with Crippen LogP contribution < -0.4 is 5.32 Å². The highest BCUT2D eigenvalue weighted by molar-refractivity contribution is 5.92. The molecule has 1 aliphatic rings. The second-order valence-corrected chi connectivity index (χ2v) is 5.10. The minimum Gasteiger partial charge on any atom is -0.379 e. The SMILES string of the molecule is CO[C@H]1COCC[C@@H]1NC(=O)c1cn(-c2ccccc2)nn1. The molecule has 3 rings (SSSR count). The molecule has 0 bridgehead atoms. The summed E-state index contributed by atoms with van der Waals surface area (Å²) in [5, 5.41) is 10.9. The number of carbonyl (C=O) groups is 1. The minimum absolute atomic E-state index is 0.0758. The third-order valence-electron chi connectivity index (χ3n) is 3.67. The maximum absolute atomic E-state index is 12.3. The molecule has 0 radical (unpaired) electrons. The van der Waals surface area contributed by atoms with E-state index in [0.29, 0.717) is 13.2 Å². The molecular weight excluding hydrogens is 284 g/mol. The number of amides is 1. The molecule has 7 heteroatoms. The number of hydrogen-bond donors (Lipinski definition) is 1. The van der Waals surface area contributed by atoms with Gasteiger partial charge >= 0.3 is 0 Å². The number of methoxy groups -OCH3 is 1. The van der Waals surface area contributed by atoms with E-state index in [-0.39, 0.29) is 23.7 Å². The van der Waals surface area contributed by atoms with Gasteiger partial charge in [0.2, 0.25) is 0 Å². The molecule has 0 spiro atoms. The van der Waals surface area contributed by atoms with Gasteiger partial charge in [0.05, 0.1) is 24.5 Å². The Kier molecular flexibility index (Phi) is 4.45. The number of rotatable bonds is 4. The highest BCUT2D eigenvalue weighted by Crippen LogP contribution is 2.12. The first-order chi connectivity index (χ1) is 10.8. The second-order valence-electron chi connectivity index (χ2n) is 5.10. The number of ether oxygens (including phenoxy) is 2. The molecule has 1 fully saturated rings. The van der Waals surface area contributed by atoms with Crippen molar-refractivity contribution in [3.05, 3.63) is 42.2 Å². The van der Waals surface area contributed by atoms with Crippen LogP contribution >= 0.6 is 0 Å². The first kappa shape index (κ1) is 14.7. The molecule has 116 valence electrons. The van der Waals surface area contributed by atoms with Crippen molar-refractivity contribution < 1.29 is 14.3 Å². The zero-order chi connectivity index (χ0) is 15.4. The first-order valence-electron chi connectivity index (χ1n) is 7.17. The van der Waals surface area contributed by atoms with Crippen LogP contribution in [-0.4, -0.2) is 53.4 Å². The zero-order valence-electron chi connectivity index (χ0n) is 12.3. The van der Waals surface area contributed by atoms with Gasteiger partial charge < -0.3 is 14.8 Å². The molecule has 2 heterocycles. The van der Waals surface area contributed by atoms with E-state index in [4.69, 9.17) is 9.47 Å². The van der Waals surface area contributed by atoms with E-state index in [9.17, 15) is 4.79 Å². The number of nitrogens with one attached hydrogen (secondary N) is 1. The van der Waals surface area contributed by atoms with E-state index in [0.717, 1.165) is 12.1 Å². The lowest BCUT2D eigenvalue weighted by Gasteiger charge is -2.30. The molecule has 2 aromatic rings. The van der Waals surface area contributed by atoms with Gasteiger partial charge in [-0.25, -0.2) is 4.68 Å². The summed E-state index contributed by atoms with van der Waals surface area (Å²) in [4.78, 5) is 12.3. The number of hydrogen-bond acceptors (Lipinski definition) is 5. The summed E-state index contributed by atoms with van der Waals surface area (Å²) in [6.45, 7) is 1.10. The predicted octanol–water partition coefficient (Wildman–Crippen LogP) is 0.801. The Morgan fingerprint density at radius 3 is 3.00 bits per heavy atom. The molecule has 1 saturated heterocycles. The van der Waals surface area contributed by atoms with E-state index in [1.807, 2.05) is 30.3 Å². The third-order valence-corrected chi connectivity index (χ3v) is 3.67. The van der Waals surface area contributed by atoms with Crippen LogP contribution in [0.3, 0.4) is 0 Å². The fraction of sp³-hybridized carbons (Fsp3) is 0.400. The second kappa shape index (κ2) is 6.67.